The Balaban J connectivity index is 2.16. The first-order chi connectivity index (χ1) is 8.11. The van der Waals surface area contributed by atoms with Gasteiger partial charge in [0, 0.05) is 13.2 Å². The van der Waals surface area contributed by atoms with Crippen LogP contribution in [0.15, 0.2) is 16.5 Å². The summed E-state index contributed by atoms with van der Waals surface area (Å²) in [5.74, 6) is 1.66. The minimum Gasteiger partial charge on any atom is -0.465 e. The molecule has 1 aromatic rings. The van der Waals surface area contributed by atoms with E-state index in [4.69, 9.17) is 9.15 Å². The van der Waals surface area contributed by atoms with Crippen LogP contribution in [0, 0.1) is 6.92 Å². The van der Waals surface area contributed by atoms with Gasteiger partial charge in [-0.3, -0.25) is 4.79 Å². The maximum Gasteiger partial charge on any atom is 0.234 e. The van der Waals surface area contributed by atoms with E-state index in [0.29, 0.717) is 13.2 Å². The average Bonchev–Trinajstić information content (AvgIpc) is 2.64. The van der Waals surface area contributed by atoms with Crippen LogP contribution in [0.5, 0.6) is 0 Å². The third-order valence-electron chi connectivity index (χ3n) is 2.20. The van der Waals surface area contributed by atoms with Gasteiger partial charge >= 0.3 is 0 Å². The number of carbonyl (C=O) groups is 1. The second kappa shape index (κ2) is 7.09. The molecule has 1 unspecified atom stereocenters. The number of amides is 1. The summed E-state index contributed by atoms with van der Waals surface area (Å²) in [5.41, 5.74) is 0. The molecule has 0 aliphatic carbocycles. The molecule has 1 atom stereocenters. The molecule has 0 radical (unpaired) electrons. The number of ether oxygens (including phenoxy) is 1. The molecule has 0 fully saturated rings. The van der Waals surface area contributed by atoms with Gasteiger partial charge < -0.3 is 19.8 Å². The van der Waals surface area contributed by atoms with Gasteiger partial charge in [-0.05, 0) is 26.0 Å². The summed E-state index contributed by atoms with van der Waals surface area (Å²) in [5, 5.41) is 5.83. The number of methoxy groups -OCH3 is 1. The molecule has 5 nitrogen and oxygen atoms in total. The van der Waals surface area contributed by atoms with E-state index < -0.39 is 0 Å². The van der Waals surface area contributed by atoms with Gasteiger partial charge in [0.2, 0.25) is 5.91 Å². The Hall–Kier alpha value is -1.33. The van der Waals surface area contributed by atoms with Crippen LogP contribution in [-0.4, -0.2) is 32.2 Å². The molecule has 17 heavy (non-hydrogen) atoms. The number of hydrogen-bond donors (Lipinski definition) is 2. The molecule has 0 aliphatic heterocycles. The lowest BCUT2D eigenvalue weighted by Gasteiger charge is -2.12. The summed E-state index contributed by atoms with van der Waals surface area (Å²) >= 11 is 0. The Morgan fingerprint density at radius 3 is 2.88 bits per heavy atom. The molecular formula is C12H20N2O3. The topological polar surface area (TPSA) is 63.5 Å². The first kappa shape index (κ1) is 13.7. The number of hydrogen-bond acceptors (Lipinski definition) is 4. The number of nitrogens with one attached hydrogen (secondary N) is 2. The monoisotopic (exact) mass is 240 g/mol. The summed E-state index contributed by atoms with van der Waals surface area (Å²) < 4.78 is 10.3. The molecule has 2 N–H and O–H groups in total. The zero-order valence-electron chi connectivity index (χ0n) is 10.6. The van der Waals surface area contributed by atoms with E-state index in [9.17, 15) is 4.79 Å². The summed E-state index contributed by atoms with van der Waals surface area (Å²) in [4.78, 5) is 11.5. The van der Waals surface area contributed by atoms with Crippen molar-refractivity contribution < 1.29 is 13.9 Å². The normalized spacial score (nSPS) is 12.4. The van der Waals surface area contributed by atoms with Crippen molar-refractivity contribution in [3.63, 3.8) is 0 Å². The maximum absolute atomic E-state index is 11.5. The van der Waals surface area contributed by atoms with E-state index in [1.165, 1.54) is 0 Å². The lowest BCUT2D eigenvalue weighted by atomic mass is 10.3. The Kier molecular flexibility index (Phi) is 5.72. The lowest BCUT2D eigenvalue weighted by Crippen LogP contribution is -2.40. The van der Waals surface area contributed by atoms with Gasteiger partial charge in [0.25, 0.3) is 0 Å². The van der Waals surface area contributed by atoms with E-state index >= 15 is 0 Å². The van der Waals surface area contributed by atoms with E-state index in [1.807, 2.05) is 26.0 Å². The summed E-state index contributed by atoms with van der Waals surface area (Å²) in [6.07, 6.45) is 0. The fourth-order valence-electron chi connectivity index (χ4n) is 1.50. The van der Waals surface area contributed by atoms with Crippen molar-refractivity contribution in [2.24, 2.45) is 0 Å². The predicted octanol–water partition coefficient (Wildman–Crippen LogP) is 0.829. The quantitative estimate of drug-likeness (QED) is 0.741. The highest BCUT2D eigenvalue weighted by molar-refractivity contribution is 5.78. The van der Waals surface area contributed by atoms with Gasteiger partial charge in [0.15, 0.2) is 0 Å². The van der Waals surface area contributed by atoms with E-state index in [2.05, 4.69) is 10.6 Å². The number of furan rings is 1. The minimum atomic E-state index is -0.0437. The molecule has 1 aromatic heterocycles. The highest BCUT2D eigenvalue weighted by Gasteiger charge is 2.06. The SMILES string of the molecule is COCC(C)NC(=O)CNCc1ccc(C)o1. The first-order valence-electron chi connectivity index (χ1n) is 5.66. The number of rotatable bonds is 7. The van der Waals surface area contributed by atoms with Gasteiger partial charge in [-0.15, -0.1) is 0 Å². The highest BCUT2D eigenvalue weighted by Crippen LogP contribution is 2.04. The molecule has 1 heterocycles. The lowest BCUT2D eigenvalue weighted by molar-refractivity contribution is -0.121. The number of carbonyl (C=O) groups excluding carboxylic acids is 1. The van der Waals surface area contributed by atoms with Crippen LogP contribution < -0.4 is 10.6 Å². The van der Waals surface area contributed by atoms with Gasteiger partial charge in [0.1, 0.15) is 11.5 Å². The first-order valence-corrected chi connectivity index (χ1v) is 5.66. The molecule has 5 heteroatoms. The van der Waals surface area contributed by atoms with Crippen molar-refractivity contribution >= 4 is 5.91 Å². The van der Waals surface area contributed by atoms with Crippen molar-refractivity contribution in [2.45, 2.75) is 26.4 Å². The van der Waals surface area contributed by atoms with Gasteiger partial charge in [-0.25, -0.2) is 0 Å². The van der Waals surface area contributed by atoms with Crippen LogP contribution in [0.2, 0.25) is 0 Å². The molecule has 1 amide bonds. The molecule has 0 aromatic carbocycles. The van der Waals surface area contributed by atoms with Crippen molar-refractivity contribution in [2.75, 3.05) is 20.3 Å². The molecule has 0 saturated carbocycles. The standard InChI is InChI=1S/C12H20N2O3/c1-9(8-16-3)14-12(15)7-13-6-11-5-4-10(2)17-11/h4-5,9,13H,6-8H2,1-3H3,(H,14,15). The van der Waals surface area contributed by atoms with Crippen molar-refractivity contribution in [3.05, 3.63) is 23.7 Å². The fourth-order valence-corrected chi connectivity index (χ4v) is 1.50. The maximum atomic E-state index is 11.5. The summed E-state index contributed by atoms with van der Waals surface area (Å²) in [6, 6.07) is 3.83. The smallest absolute Gasteiger partial charge is 0.234 e. The zero-order chi connectivity index (χ0) is 12.7. The summed E-state index contributed by atoms with van der Waals surface area (Å²) in [7, 11) is 1.61. The van der Waals surface area contributed by atoms with Crippen molar-refractivity contribution in [3.8, 4) is 0 Å². The predicted molar refractivity (Wildman–Crippen MR) is 64.6 cm³/mol. The molecule has 0 saturated heterocycles. The fraction of sp³-hybridized carbons (Fsp3) is 0.583. The van der Waals surface area contributed by atoms with Crippen LogP contribution in [0.4, 0.5) is 0 Å². The molecule has 0 aliphatic rings. The Labute approximate surface area is 102 Å². The molecule has 0 spiro atoms. The average molecular weight is 240 g/mol. The molecule has 1 rings (SSSR count). The number of aryl methyl sites for hydroxylation is 1. The van der Waals surface area contributed by atoms with Gasteiger partial charge in [-0.2, -0.15) is 0 Å². The Morgan fingerprint density at radius 1 is 1.53 bits per heavy atom. The van der Waals surface area contributed by atoms with Gasteiger partial charge in [0.05, 0.1) is 19.7 Å². The van der Waals surface area contributed by atoms with Gasteiger partial charge in [-0.1, -0.05) is 0 Å². The molecule has 96 valence electrons. The van der Waals surface area contributed by atoms with Crippen LogP contribution in [0.1, 0.15) is 18.4 Å². The van der Waals surface area contributed by atoms with Crippen LogP contribution >= 0.6 is 0 Å². The Morgan fingerprint density at radius 2 is 2.29 bits per heavy atom. The second-order valence-corrected chi connectivity index (χ2v) is 4.04. The highest BCUT2D eigenvalue weighted by atomic mass is 16.5. The van der Waals surface area contributed by atoms with Crippen LogP contribution in [-0.2, 0) is 16.1 Å². The third kappa shape index (κ3) is 5.51. The minimum absolute atomic E-state index is 0.0279. The zero-order valence-corrected chi connectivity index (χ0v) is 10.6. The van der Waals surface area contributed by atoms with Crippen LogP contribution in [0.3, 0.4) is 0 Å². The summed E-state index contributed by atoms with van der Waals surface area (Å²) in [6.45, 7) is 5.14. The van der Waals surface area contributed by atoms with E-state index in [1.54, 1.807) is 7.11 Å². The van der Waals surface area contributed by atoms with Crippen molar-refractivity contribution in [1.29, 1.82) is 0 Å². The van der Waals surface area contributed by atoms with Crippen molar-refractivity contribution in [1.82, 2.24) is 10.6 Å². The largest absolute Gasteiger partial charge is 0.465 e. The molecular weight excluding hydrogens is 220 g/mol. The van der Waals surface area contributed by atoms with E-state index in [-0.39, 0.29) is 18.5 Å². The Bertz CT molecular complexity index is 349. The second-order valence-electron chi connectivity index (χ2n) is 4.04. The molecule has 0 bridgehead atoms. The van der Waals surface area contributed by atoms with E-state index in [0.717, 1.165) is 11.5 Å². The van der Waals surface area contributed by atoms with Crippen LogP contribution in [0.25, 0.3) is 0 Å². The third-order valence-corrected chi connectivity index (χ3v) is 2.20.